The Kier molecular flexibility index (Phi) is 6.13. The molecule has 0 atom stereocenters. The fourth-order valence-electron chi connectivity index (χ4n) is 2.99. The molecule has 3 nitrogen and oxygen atoms in total. The van der Waals surface area contributed by atoms with Gasteiger partial charge in [0.05, 0.1) is 0 Å². The van der Waals surface area contributed by atoms with Gasteiger partial charge in [0, 0.05) is 53.0 Å². The number of carbonyl (C=O) groups excluding carboxylic acids is 1. The van der Waals surface area contributed by atoms with Crippen molar-refractivity contribution in [2.24, 2.45) is 0 Å². The largest absolute Gasteiger partial charge is 0.368 e. The average Bonchev–Trinajstić information content (AvgIpc) is 2.63. The molecular weight excluding hydrogens is 391 g/mol. The monoisotopic (exact) mass is 408 g/mol. The zero-order valence-electron chi connectivity index (χ0n) is 14.4. The molecule has 2 aromatic rings. The molecule has 0 N–H and O–H groups in total. The summed E-state index contributed by atoms with van der Waals surface area (Å²) in [6, 6.07) is 11.1. The topological polar surface area (TPSA) is 23.6 Å². The first kappa shape index (κ1) is 19.1. The molecule has 0 bridgehead atoms. The van der Waals surface area contributed by atoms with Crippen molar-refractivity contribution in [3.8, 4) is 0 Å². The summed E-state index contributed by atoms with van der Waals surface area (Å²) < 4.78 is 0. The van der Waals surface area contributed by atoms with Crippen LogP contribution in [0.1, 0.15) is 11.1 Å². The van der Waals surface area contributed by atoms with Crippen molar-refractivity contribution in [3.63, 3.8) is 0 Å². The van der Waals surface area contributed by atoms with Gasteiger partial charge in [-0.2, -0.15) is 0 Å². The van der Waals surface area contributed by atoms with E-state index in [9.17, 15) is 4.79 Å². The zero-order chi connectivity index (χ0) is 18.7. The van der Waals surface area contributed by atoms with E-state index in [1.807, 2.05) is 23.1 Å². The zero-order valence-corrected chi connectivity index (χ0v) is 16.7. The van der Waals surface area contributed by atoms with Gasteiger partial charge in [-0.25, -0.2) is 0 Å². The number of rotatable bonds is 3. The predicted molar refractivity (Wildman–Crippen MR) is 110 cm³/mol. The van der Waals surface area contributed by atoms with Crippen LogP contribution in [0.4, 0.5) is 5.69 Å². The third-order valence-electron chi connectivity index (χ3n) is 4.47. The lowest BCUT2D eigenvalue weighted by atomic mass is 10.1. The van der Waals surface area contributed by atoms with Crippen LogP contribution in [0.3, 0.4) is 0 Å². The number of benzene rings is 2. The molecule has 0 radical (unpaired) electrons. The molecule has 1 heterocycles. The third kappa shape index (κ3) is 4.53. The number of nitrogens with zero attached hydrogens (tertiary/aromatic N) is 2. The highest BCUT2D eigenvalue weighted by Crippen LogP contribution is 2.25. The van der Waals surface area contributed by atoms with E-state index in [1.54, 1.807) is 30.4 Å². The van der Waals surface area contributed by atoms with Crippen molar-refractivity contribution < 1.29 is 4.79 Å². The van der Waals surface area contributed by atoms with Crippen LogP contribution in [0.25, 0.3) is 6.08 Å². The van der Waals surface area contributed by atoms with E-state index in [0.717, 1.165) is 29.4 Å². The van der Waals surface area contributed by atoms with Gasteiger partial charge in [-0.1, -0.05) is 46.9 Å². The number of hydrogen-bond acceptors (Lipinski definition) is 2. The minimum Gasteiger partial charge on any atom is -0.368 e. The minimum absolute atomic E-state index is 0.0153. The molecule has 1 fully saturated rings. The van der Waals surface area contributed by atoms with Crippen molar-refractivity contribution in [1.82, 2.24) is 4.90 Å². The smallest absolute Gasteiger partial charge is 0.246 e. The van der Waals surface area contributed by atoms with E-state index in [-0.39, 0.29) is 5.91 Å². The van der Waals surface area contributed by atoms with Crippen molar-refractivity contribution in [2.75, 3.05) is 31.1 Å². The third-order valence-corrected chi connectivity index (χ3v) is 5.27. The Balaban J connectivity index is 1.61. The van der Waals surface area contributed by atoms with Crippen LogP contribution in [0.5, 0.6) is 0 Å². The van der Waals surface area contributed by atoms with Crippen molar-refractivity contribution in [1.29, 1.82) is 0 Å². The number of piperazine rings is 1. The molecule has 6 heteroatoms. The Bertz CT molecular complexity index is 843. The molecule has 1 aliphatic heterocycles. The van der Waals surface area contributed by atoms with Crippen LogP contribution in [-0.4, -0.2) is 37.0 Å². The standard InChI is InChI=1S/C20H19Cl3N2O/c1-14-2-5-17(22)13-19(14)24-8-10-25(11-9-24)20(26)7-4-15-3-6-16(21)12-18(15)23/h2-7,12-13H,8-11H2,1H3/b7-4+. The van der Waals surface area contributed by atoms with Gasteiger partial charge < -0.3 is 9.80 Å². The predicted octanol–water partition coefficient (Wildman–Crippen LogP) is 5.32. The summed E-state index contributed by atoms with van der Waals surface area (Å²) in [6.45, 7) is 4.97. The first-order valence-electron chi connectivity index (χ1n) is 8.37. The summed E-state index contributed by atoms with van der Waals surface area (Å²) in [7, 11) is 0. The lowest BCUT2D eigenvalue weighted by Crippen LogP contribution is -2.48. The second-order valence-corrected chi connectivity index (χ2v) is 7.52. The molecule has 1 aliphatic rings. The number of anilines is 1. The molecule has 136 valence electrons. The van der Waals surface area contributed by atoms with Crippen LogP contribution in [0.15, 0.2) is 42.5 Å². The first-order valence-corrected chi connectivity index (χ1v) is 9.50. The van der Waals surface area contributed by atoms with E-state index >= 15 is 0 Å². The van der Waals surface area contributed by atoms with E-state index < -0.39 is 0 Å². The van der Waals surface area contributed by atoms with Gasteiger partial charge in [0.25, 0.3) is 0 Å². The summed E-state index contributed by atoms with van der Waals surface area (Å²) in [5.41, 5.74) is 3.09. The Morgan fingerprint density at radius 3 is 2.31 bits per heavy atom. The summed E-state index contributed by atoms with van der Waals surface area (Å²) in [6.07, 6.45) is 3.30. The second-order valence-electron chi connectivity index (χ2n) is 6.24. The Hall–Kier alpha value is -1.68. The van der Waals surface area contributed by atoms with E-state index in [4.69, 9.17) is 34.8 Å². The maximum absolute atomic E-state index is 12.4. The molecule has 0 saturated carbocycles. The second kappa shape index (κ2) is 8.34. The van der Waals surface area contributed by atoms with Gasteiger partial charge in [0.15, 0.2) is 0 Å². The van der Waals surface area contributed by atoms with Gasteiger partial charge in [-0.15, -0.1) is 0 Å². The van der Waals surface area contributed by atoms with Gasteiger partial charge in [0.2, 0.25) is 5.91 Å². The summed E-state index contributed by atoms with van der Waals surface area (Å²) in [5.74, 6) is -0.0153. The fourth-order valence-corrected chi connectivity index (χ4v) is 3.63. The number of amides is 1. The quantitative estimate of drug-likeness (QED) is 0.641. The van der Waals surface area contributed by atoms with Gasteiger partial charge >= 0.3 is 0 Å². The van der Waals surface area contributed by atoms with Crippen molar-refractivity contribution in [2.45, 2.75) is 6.92 Å². The van der Waals surface area contributed by atoms with Crippen LogP contribution in [0, 0.1) is 6.92 Å². The lowest BCUT2D eigenvalue weighted by Gasteiger charge is -2.36. The molecule has 3 rings (SSSR count). The molecule has 0 unspecified atom stereocenters. The fraction of sp³-hybridized carbons (Fsp3) is 0.250. The van der Waals surface area contributed by atoms with Gasteiger partial charge in [0.1, 0.15) is 0 Å². The molecule has 0 aromatic heterocycles. The molecule has 1 saturated heterocycles. The Morgan fingerprint density at radius 1 is 0.962 bits per heavy atom. The highest BCUT2D eigenvalue weighted by atomic mass is 35.5. The van der Waals surface area contributed by atoms with E-state index in [0.29, 0.717) is 23.1 Å². The van der Waals surface area contributed by atoms with Crippen LogP contribution >= 0.6 is 34.8 Å². The highest BCUT2D eigenvalue weighted by Gasteiger charge is 2.21. The van der Waals surface area contributed by atoms with Crippen molar-refractivity contribution in [3.05, 3.63) is 68.7 Å². The van der Waals surface area contributed by atoms with Gasteiger partial charge in [-0.3, -0.25) is 4.79 Å². The minimum atomic E-state index is -0.0153. The number of carbonyl (C=O) groups is 1. The molecule has 0 spiro atoms. The number of aryl methyl sites for hydroxylation is 1. The van der Waals surface area contributed by atoms with E-state index in [1.165, 1.54) is 5.56 Å². The van der Waals surface area contributed by atoms with Crippen molar-refractivity contribution >= 4 is 52.5 Å². The van der Waals surface area contributed by atoms with E-state index in [2.05, 4.69) is 11.8 Å². The maximum Gasteiger partial charge on any atom is 0.246 e. The molecule has 1 amide bonds. The highest BCUT2D eigenvalue weighted by molar-refractivity contribution is 6.35. The molecular formula is C20H19Cl3N2O. The average molecular weight is 410 g/mol. The number of hydrogen-bond donors (Lipinski definition) is 0. The normalized spacial score (nSPS) is 14.9. The van der Waals surface area contributed by atoms with Crippen LogP contribution < -0.4 is 4.90 Å². The lowest BCUT2D eigenvalue weighted by molar-refractivity contribution is -0.126. The molecule has 2 aromatic carbocycles. The summed E-state index contributed by atoms with van der Waals surface area (Å²) in [5, 5.41) is 1.83. The Morgan fingerprint density at radius 2 is 1.62 bits per heavy atom. The maximum atomic E-state index is 12.4. The van der Waals surface area contributed by atoms with Crippen LogP contribution in [-0.2, 0) is 4.79 Å². The SMILES string of the molecule is Cc1ccc(Cl)cc1N1CCN(C(=O)/C=C/c2ccc(Cl)cc2Cl)CC1. The van der Waals surface area contributed by atoms with Crippen LogP contribution in [0.2, 0.25) is 15.1 Å². The molecule has 26 heavy (non-hydrogen) atoms. The van der Waals surface area contributed by atoms with Gasteiger partial charge in [-0.05, 0) is 48.4 Å². The first-order chi connectivity index (χ1) is 12.4. The summed E-state index contributed by atoms with van der Waals surface area (Å²) >= 11 is 18.1. The molecule has 0 aliphatic carbocycles. The summed E-state index contributed by atoms with van der Waals surface area (Å²) in [4.78, 5) is 16.6. The number of halogens is 3. The Labute approximate surface area is 168 Å².